The molecule has 23 heavy (non-hydrogen) atoms. The average molecular weight is 313 g/mol. The fourth-order valence-electron chi connectivity index (χ4n) is 3.47. The van der Waals surface area contributed by atoms with Crippen molar-refractivity contribution in [3.05, 3.63) is 23.7 Å². The molecule has 4 rings (SSSR count). The predicted molar refractivity (Wildman–Crippen MR) is 88.1 cm³/mol. The van der Waals surface area contributed by atoms with Crippen LogP contribution in [0.15, 0.2) is 12.3 Å². The third kappa shape index (κ3) is 2.95. The second-order valence-electron chi connectivity index (χ2n) is 6.88. The third-order valence-electron chi connectivity index (χ3n) is 5.13. The van der Waals surface area contributed by atoms with Crippen LogP contribution in [0, 0.1) is 5.92 Å². The van der Waals surface area contributed by atoms with E-state index in [1.165, 1.54) is 12.8 Å². The molecule has 6 heteroatoms. The van der Waals surface area contributed by atoms with Crippen LogP contribution in [0.5, 0.6) is 0 Å². The van der Waals surface area contributed by atoms with E-state index in [-0.39, 0.29) is 11.9 Å². The Morgan fingerprint density at radius 1 is 1.26 bits per heavy atom. The molecule has 1 amide bonds. The topological polar surface area (TPSA) is 96.7 Å². The van der Waals surface area contributed by atoms with Gasteiger partial charge in [0.25, 0.3) is 5.91 Å². The first-order chi connectivity index (χ1) is 11.2. The Bertz CT molecular complexity index is 713. The fourth-order valence-corrected chi connectivity index (χ4v) is 3.47. The Morgan fingerprint density at radius 2 is 2.04 bits per heavy atom. The van der Waals surface area contributed by atoms with Crippen LogP contribution < -0.4 is 11.1 Å². The van der Waals surface area contributed by atoms with Gasteiger partial charge in [-0.3, -0.25) is 4.79 Å². The number of hydrogen-bond acceptors (Lipinski definition) is 4. The van der Waals surface area contributed by atoms with Crippen LogP contribution in [-0.2, 0) is 0 Å². The van der Waals surface area contributed by atoms with Crippen LogP contribution in [-0.4, -0.2) is 33.4 Å². The summed E-state index contributed by atoms with van der Waals surface area (Å²) in [7, 11) is 0. The molecule has 2 heterocycles. The number of carbonyl (C=O) groups is 1. The summed E-state index contributed by atoms with van der Waals surface area (Å²) in [6.07, 6.45) is 8.24. The molecular weight excluding hydrogens is 290 g/mol. The van der Waals surface area contributed by atoms with Gasteiger partial charge in [0, 0.05) is 18.2 Å². The third-order valence-corrected chi connectivity index (χ3v) is 5.13. The maximum absolute atomic E-state index is 12.7. The molecule has 0 saturated heterocycles. The van der Waals surface area contributed by atoms with Gasteiger partial charge < -0.3 is 16.0 Å². The molecular formula is C17H23N5O. The minimum atomic E-state index is -0.0282. The molecule has 2 aliphatic carbocycles. The zero-order valence-corrected chi connectivity index (χ0v) is 13.2. The first-order valence-electron chi connectivity index (χ1n) is 8.60. The summed E-state index contributed by atoms with van der Waals surface area (Å²) >= 11 is 0. The van der Waals surface area contributed by atoms with Gasteiger partial charge in [-0.25, -0.2) is 9.97 Å². The molecule has 4 N–H and O–H groups in total. The molecule has 2 fully saturated rings. The highest BCUT2D eigenvalue weighted by molar-refractivity contribution is 6.04. The first-order valence-corrected chi connectivity index (χ1v) is 8.60. The van der Waals surface area contributed by atoms with Crippen molar-refractivity contribution in [1.82, 2.24) is 20.3 Å². The van der Waals surface area contributed by atoms with E-state index in [1.54, 1.807) is 12.3 Å². The summed E-state index contributed by atoms with van der Waals surface area (Å²) in [5, 5.41) is 3.17. The number of fused-ring (bicyclic) bond motifs is 1. The van der Waals surface area contributed by atoms with E-state index in [2.05, 4.69) is 20.3 Å². The van der Waals surface area contributed by atoms with E-state index in [4.69, 9.17) is 5.73 Å². The lowest BCUT2D eigenvalue weighted by atomic mass is 9.86. The zero-order chi connectivity index (χ0) is 15.8. The summed E-state index contributed by atoms with van der Waals surface area (Å²) in [4.78, 5) is 24.8. The standard InChI is InChI=1S/C17H23N5O/c18-9-10-1-5-12(6-2-10)20-17(23)13-7-8-19-16-14(13)21-15(22-16)11-3-4-11/h7-8,10-12H,1-6,9,18H2,(H,20,23)(H,19,21,22). The minimum absolute atomic E-state index is 0.0282. The van der Waals surface area contributed by atoms with E-state index >= 15 is 0 Å². The quantitative estimate of drug-likeness (QED) is 0.805. The number of amides is 1. The summed E-state index contributed by atoms with van der Waals surface area (Å²) in [6.45, 7) is 0.754. The van der Waals surface area contributed by atoms with Gasteiger partial charge in [0.05, 0.1) is 11.1 Å². The zero-order valence-electron chi connectivity index (χ0n) is 13.2. The van der Waals surface area contributed by atoms with Crippen molar-refractivity contribution in [3.8, 4) is 0 Å². The van der Waals surface area contributed by atoms with Crippen LogP contribution >= 0.6 is 0 Å². The highest BCUT2D eigenvalue weighted by atomic mass is 16.1. The van der Waals surface area contributed by atoms with Crippen molar-refractivity contribution < 1.29 is 4.79 Å². The molecule has 2 saturated carbocycles. The molecule has 0 bridgehead atoms. The van der Waals surface area contributed by atoms with Gasteiger partial charge in [-0.05, 0) is 57.1 Å². The lowest BCUT2D eigenvalue weighted by Crippen LogP contribution is -2.38. The number of nitrogens with one attached hydrogen (secondary N) is 2. The largest absolute Gasteiger partial charge is 0.349 e. The number of aromatic nitrogens is 3. The molecule has 122 valence electrons. The number of nitrogens with zero attached hydrogens (tertiary/aromatic N) is 2. The van der Waals surface area contributed by atoms with E-state index in [0.717, 1.165) is 43.6 Å². The summed E-state index contributed by atoms with van der Waals surface area (Å²) in [5.41, 5.74) is 7.79. The van der Waals surface area contributed by atoms with Crippen molar-refractivity contribution in [1.29, 1.82) is 0 Å². The molecule has 0 radical (unpaired) electrons. The van der Waals surface area contributed by atoms with Gasteiger partial charge >= 0.3 is 0 Å². The number of imidazole rings is 1. The number of rotatable bonds is 4. The lowest BCUT2D eigenvalue weighted by molar-refractivity contribution is 0.0924. The molecule has 0 aromatic carbocycles. The summed E-state index contributed by atoms with van der Waals surface area (Å²) < 4.78 is 0. The van der Waals surface area contributed by atoms with Gasteiger partial charge in [-0.1, -0.05) is 0 Å². The molecule has 6 nitrogen and oxygen atoms in total. The van der Waals surface area contributed by atoms with Crippen LogP contribution in [0.4, 0.5) is 0 Å². The van der Waals surface area contributed by atoms with Gasteiger partial charge in [-0.15, -0.1) is 0 Å². The highest BCUT2D eigenvalue weighted by Crippen LogP contribution is 2.39. The second-order valence-corrected chi connectivity index (χ2v) is 6.88. The monoisotopic (exact) mass is 313 g/mol. The Labute approximate surface area is 135 Å². The first kappa shape index (κ1) is 14.6. The maximum atomic E-state index is 12.7. The van der Waals surface area contributed by atoms with E-state index in [0.29, 0.717) is 23.0 Å². The van der Waals surface area contributed by atoms with Gasteiger partial charge in [0.15, 0.2) is 5.65 Å². The van der Waals surface area contributed by atoms with Crippen LogP contribution in [0.25, 0.3) is 11.2 Å². The van der Waals surface area contributed by atoms with E-state index < -0.39 is 0 Å². The number of H-pyrrole nitrogens is 1. The Morgan fingerprint density at radius 3 is 2.74 bits per heavy atom. The van der Waals surface area contributed by atoms with Crippen LogP contribution in [0.1, 0.15) is 60.6 Å². The van der Waals surface area contributed by atoms with Gasteiger partial charge in [0.2, 0.25) is 0 Å². The normalized spacial score (nSPS) is 24.7. The van der Waals surface area contributed by atoms with Gasteiger partial charge in [0.1, 0.15) is 5.82 Å². The van der Waals surface area contributed by atoms with Crippen molar-refractivity contribution in [3.63, 3.8) is 0 Å². The number of hydrogen-bond donors (Lipinski definition) is 3. The Kier molecular flexibility index (Phi) is 3.77. The summed E-state index contributed by atoms with van der Waals surface area (Å²) in [6, 6.07) is 2.03. The highest BCUT2D eigenvalue weighted by Gasteiger charge is 2.28. The van der Waals surface area contributed by atoms with Crippen molar-refractivity contribution in [2.75, 3.05) is 6.54 Å². The smallest absolute Gasteiger partial charge is 0.253 e. The molecule has 2 aromatic rings. The van der Waals surface area contributed by atoms with Crippen LogP contribution in [0.2, 0.25) is 0 Å². The number of carbonyl (C=O) groups excluding carboxylic acids is 1. The second kappa shape index (κ2) is 5.92. The molecule has 2 aromatic heterocycles. The Balaban J connectivity index is 1.50. The number of nitrogens with two attached hydrogens (primary N) is 1. The summed E-state index contributed by atoms with van der Waals surface area (Å²) in [5.74, 6) is 2.08. The maximum Gasteiger partial charge on any atom is 0.253 e. The lowest BCUT2D eigenvalue weighted by Gasteiger charge is -2.28. The average Bonchev–Trinajstić information content (AvgIpc) is 3.34. The van der Waals surface area contributed by atoms with Crippen molar-refractivity contribution >= 4 is 17.1 Å². The van der Waals surface area contributed by atoms with Crippen LogP contribution in [0.3, 0.4) is 0 Å². The predicted octanol–water partition coefficient (Wildman–Crippen LogP) is 2.08. The SMILES string of the molecule is NCC1CCC(NC(=O)c2ccnc3nc(C4CC4)[nH]c23)CC1. The Hall–Kier alpha value is -1.95. The molecule has 0 atom stereocenters. The number of aromatic amines is 1. The van der Waals surface area contributed by atoms with Gasteiger partial charge in [-0.2, -0.15) is 0 Å². The van der Waals surface area contributed by atoms with E-state index in [1.807, 2.05) is 0 Å². The van der Waals surface area contributed by atoms with E-state index in [9.17, 15) is 4.79 Å². The number of pyridine rings is 1. The fraction of sp³-hybridized carbons (Fsp3) is 0.588. The molecule has 0 spiro atoms. The molecule has 0 aliphatic heterocycles. The molecule has 0 unspecified atom stereocenters. The van der Waals surface area contributed by atoms with Crippen molar-refractivity contribution in [2.45, 2.75) is 50.5 Å². The van der Waals surface area contributed by atoms with Crippen molar-refractivity contribution in [2.24, 2.45) is 11.7 Å². The molecule has 2 aliphatic rings. The minimum Gasteiger partial charge on any atom is -0.349 e.